The van der Waals surface area contributed by atoms with E-state index in [1.54, 1.807) is 34.9 Å². The fourth-order valence-corrected chi connectivity index (χ4v) is 5.21. The first-order valence-corrected chi connectivity index (χ1v) is 12.4. The molecule has 1 N–H and O–H groups in total. The molecule has 1 aliphatic heterocycles. The molecule has 0 spiro atoms. The Bertz CT molecular complexity index is 1420. The minimum absolute atomic E-state index is 0.121. The molecule has 0 aliphatic carbocycles. The molecule has 1 aliphatic rings. The van der Waals surface area contributed by atoms with E-state index in [1.807, 2.05) is 16.3 Å². The summed E-state index contributed by atoms with van der Waals surface area (Å²) in [6, 6.07) is 14.2. The number of nitrogens with one attached hydrogen (secondary N) is 1. The van der Waals surface area contributed by atoms with Crippen LogP contribution in [0.2, 0.25) is 0 Å². The van der Waals surface area contributed by atoms with E-state index in [0.717, 1.165) is 12.0 Å². The molecule has 9 heteroatoms. The Morgan fingerprint density at radius 2 is 1.91 bits per heavy atom. The molecule has 0 radical (unpaired) electrons. The molecule has 180 valence electrons. The number of rotatable bonds is 6. The highest BCUT2D eigenvalue weighted by molar-refractivity contribution is 7.17. The molecule has 3 heterocycles. The van der Waals surface area contributed by atoms with Gasteiger partial charge in [-0.3, -0.25) is 14.2 Å². The Hall–Kier alpha value is -3.59. The second-order valence-electron chi connectivity index (χ2n) is 8.66. The van der Waals surface area contributed by atoms with Crippen molar-refractivity contribution in [1.82, 2.24) is 14.9 Å². The lowest BCUT2D eigenvalue weighted by atomic mass is 9.97. The largest absolute Gasteiger partial charge is 0.352 e. The molecular formula is C26H24F2N4O2S. The minimum Gasteiger partial charge on any atom is -0.352 e. The van der Waals surface area contributed by atoms with Gasteiger partial charge in [-0.1, -0.05) is 30.3 Å². The van der Waals surface area contributed by atoms with Gasteiger partial charge in [0.05, 0.1) is 18.0 Å². The average Bonchev–Trinajstić information content (AvgIpc) is 3.35. The van der Waals surface area contributed by atoms with E-state index in [0.29, 0.717) is 41.2 Å². The van der Waals surface area contributed by atoms with Crippen molar-refractivity contribution in [3.8, 4) is 0 Å². The third-order valence-corrected chi connectivity index (χ3v) is 7.18. The molecule has 2 aromatic heterocycles. The van der Waals surface area contributed by atoms with Gasteiger partial charge >= 0.3 is 0 Å². The number of thiophene rings is 1. The van der Waals surface area contributed by atoms with Crippen LogP contribution in [0.3, 0.4) is 0 Å². The Labute approximate surface area is 204 Å². The smallest absolute Gasteiger partial charge is 0.273 e. The van der Waals surface area contributed by atoms with E-state index in [2.05, 4.69) is 5.32 Å². The fraction of sp³-hybridized carbons (Fsp3) is 0.269. The van der Waals surface area contributed by atoms with Crippen molar-refractivity contribution in [2.45, 2.75) is 25.9 Å². The maximum Gasteiger partial charge on any atom is 0.273 e. The summed E-state index contributed by atoms with van der Waals surface area (Å²) in [7, 11) is 0. The SMILES string of the molecule is O=C(NCc1ccccc1F)[C@H]1CCCN(c2nc3ccsc3c(=O)n2Cc2ccc(F)cc2)C1. The van der Waals surface area contributed by atoms with Crippen LogP contribution >= 0.6 is 11.3 Å². The van der Waals surface area contributed by atoms with Crippen LogP contribution in [-0.2, 0) is 17.9 Å². The van der Waals surface area contributed by atoms with Crippen molar-refractivity contribution in [1.29, 1.82) is 0 Å². The zero-order chi connectivity index (χ0) is 24.4. The van der Waals surface area contributed by atoms with Crippen molar-refractivity contribution < 1.29 is 13.6 Å². The summed E-state index contributed by atoms with van der Waals surface area (Å²) in [4.78, 5) is 33.0. The number of anilines is 1. The van der Waals surface area contributed by atoms with Gasteiger partial charge in [0.25, 0.3) is 5.56 Å². The summed E-state index contributed by atoms with van der Waals surface area (Å²) in [6.45, 7) is 1.42. The first kappa shape index (κ1) is 23.2. The van der Waals surface area contributed by atoms with Gasteiger partial charge in [0.1, 0.15) is 16.3 Å². The maximum atomic E-state index is 13.9. The molecule has 1 fully saturated rings. The van der Waals surface area contributed by atoms with E-state index in [9.17, 15) is 18.4 Å². The van der Waals surface area contributed by atoms with E-state index >= 15 is 0 Å². The van der Waals surface area contributed by atoms with Gasteiger partial charge < -0.3 is 10.2 Å². The quantitative estimate of drug-likeness (QED) is 0.434. The number of carbonyl (C=O) groups is 1. The zero-order valence-electron chi connectivity index (χ0n) is 18.9. The van der Waals surface area contributed by atoms with Gasteiger partial charge in [0, 0.05) is 25.2 Å². The topological polar surface area (TPSA) is 67.2 Å². The molecule has 0 saturated carbocycles. The van der Waals surface area contributed by atoms with Crippen LogP contribution in [0, 0.1) is 17.6 Å². The van der Waals surface area contributed by atoms with Gasteiger partial charge in [0.2, 0.25) is 11.9 Å². The Morgan fingerprint density at radius 3 is 2.71 bits per heavy atom. The molecule has 1 saturated heterocycles. The Morgan fingerprint density at radius 1 is 1.11 bits per heavy atom. The summed E-state index contributed by atoms with van der Waals surface area (Å²) in [5.41, 5.74) is 1.68. The number of amides is 1. The van der Waals surface area contributed by atoms with Crippen molar-refractivity contribution in [2.24, 2.45) is 5.92 Å². The predicted octanol–water partition coefficient (Wildman–Crippen LogP) is 4.32. The predicted molar refractivity (Wildman–Crippen MR) is 133 cm³/mol. The highest BCUT2D eigenvalue weighted by Gasteiger charge is 2.29. The lowest BCUT2D eigenvalue weighted by Crippen LogP contribution is -2.45. The number of halogens is 2. The molecule has 0 bridgehead atoms. The second-order valence-corrected chi connectivity index (χ2v) is 9.58. The monoisotopic (exact) mass is 494 g/mol. The average molecular weight is 495 g/mol. The van der Waals surface area contributed by atoms with E-state index in [1.165, 1.54) is 29.5 Å². The van der Waals surface area contributed by atoms with Crippen molar-refractivity contribution in [2.75, 3.05) is 18.0 Å². The van der Waals surface area contributed by atoms with E-state index in [4.69, 9.17) is 4.98 Å². The van der Waals surface area contributed by atoms with Gasteiger partial charge in [0.15, 0.2) is 0 Å². The van der Waals surface area contributed by atoms with Gasteiger partial charge in [-0.15, -0.1) is 11.3 Å². The second kappa shape index (κ2) is 9.95. The number of fused-ring (bicyclic) bond motifs is 1. The number of benzene rings is 2. The third-order valence-electron chi connectivity index (χ3n) is 6.29. The molecule has 5 rings (SSSR count). The highest BCUT2D eigenvalue weighted by Crippen LogP contribution is 2.25. The van der Waals surface area contributed by atoms with Gasteiger partial charge in [-0.2, -0.15) is 0 Å². The van der Waals surface area contributed by atoms with Crippen LogP contribution in [0.25, 0.3) is 10.2 Å². The van der Waals surface area contributed by atoms with Crippen LogP contribution in [0.4, 0.5) is 14.7 Å². The standard InChI is InChI=1S/C26H24F2N4O2S/c27-20-9-7-17(8-10-20)15-32-25(34)23-22(11-13-35-23)30-26(32)31-12-3-5-19(16-31)24(33)29-14-18-4-1-2-6-21(18)28/h1-2,4,6-11,13,19H,3,5,12,14-16H2,(H,29,33)/t19-/m0/s1. The molecule has 4 aromatic rings. The minimum atomic E-state index is -0.351. The van der Waals surface area contributed by atoms with Crippen LogP contribution in [0.15, 0.2) is 64.8 Å². The summed E-state index contributed by atoms with van der Waals surface area (Å²) in [5, 5.41) is 4.68. The molecule has 35 heavy (non-hydrogen) atoms. The van der Waals surface area contributed by atoms with Gasteiger partial charge in [-0.25, -0.2) is 13.8 Å². The molecule has 0 unspecified atom stereocenters. The number of aromatic nitrogens is 2. The number of nitrogens with zero attached hydrogens (tertiary/aromatic N) is 3. The Kier molecular flexibility index (Phi) is 6.59. The van der Waals surface area contributed by atoms with E-state index < -0.39 is 0 Å². The lowest BCUT2D eigenvalue weighted by Gasteiger charge is -2.34. The summed E-state index contributed by atoms with van der Waals surface area (Å²) < 4.78 is 29.5. The van der Waals surface area contributed by atoms with Crippen molar-refractivity contribution >= 4 is 33.4 Å². The number of hydrogen-bond acceptors (Lipinski definition) is 5. The summed E-state index contributed by atoms with van der Waals surface area (Å²) >= 11 is 1.34. The fourth-order valence-electron chi connectivity index (χ4n) is 4.43. The van der Waals surface area contributed by atoms with E-state index in [-0.39, 0.29) is 42.1 Å². The van der Waals surface area contributed by atoms with Crippen molar-refractivity contribution in [3.63, 3.8) is 0 Å². The zero-order valence-corrected chi connectivity index (χ0v) is 19.7. The Balaban J connectivity index is 1.39. The number of carbonyl (C=O) groups excluding carboxylic acids is 1. The van der Waals surface area contributed by atoms with Crippen LogP contribution in [-0.4, -0.2) is 28.5 Å². The normalized spacial score (nSPS) is 15.9. The number of piperidine rings is 1. The summed E-state index contributed by atoms with van der Waals surface area (Å²) in [5.74, 6) is -0.659. The number of hydrogen-bond donors (Lipinski definition) is 1. The van der Waals surface area contributed by atoms with Crippen LogP contribution < -0.4 is 15.8 Å². The van der Waals surface area contributed by atoms with Crippen LogP contribution in [0.5, 0.6) is 0 Å². The molecule has 6 nitrogen and oxygen atoms in total. The maximum absolute atomic E-state index is 13.9. The highest BCUT2D eigenvalue weighted by atomic mass is 32.1. The molecule has 1 amide bonds. The van der Waals surface area contributed by atoms with Crippen LogP contribution in [0.1, 0.15) is 24.0 Å². The third kappa shape index (κ3) is 4.95. The van der Waals surface area contributed by atoms with Crippen molar-refractivity contribution in [3.05, 3.63) is 93.1 Å². The molecular weight excluding hydrogens is 470 g/mol. The molecule has 2 aromatic carbocycles. The lowest BCUT2D eigenvalue weighted by molar-refractivity contribution is -0.125. The first-order valence-electron chi connectivity index (χ1n) is 11.5. The van der Waals surface area contributed by atoms with Gasteiger partial charge in [-0.05, 0) is 48.1 Å². The molecule has 1 atom stereocenters. The summed E-state index contributed by atoms with van der Waals surface area (Å²) in [6.07, 6.45) is 1.45. The first-order chi connectivity index (χ1) is 17.0.